The topological polar surface area (TPSA) is 74.8 Å². The van der Waals surface area contributed by atoms with Gasteiger partial charge in [0.05, 0.1) is 11.9 Å². The third kappa shape index (κ3) is 5.32. The van der Waals surface area contributed by atoms with Gasteiger partial charge in [0.25, 0.3) is 0 Å². The highest BCUT2D eigenvalue weighted by Crippen LogP contribution is 2.27. The molecule has 1 aromatic carbocycles. The maximum absolute atomic E-state index is 4.66. The lowest BCUT2D eigenvalue weighted by atomic mass is 10.1. The molecular weight excluding hydrogens is 372 g/mol. The minimum atomic E-state index is 0.475. The zero-order valence-electron chi connectivity index (χ0n) is 17.4. The second-order valence-electron chi connectivity index (χ2n) is 6.81. The zero-order chi connectivity index (χ0) is 21.5. The third-order valence-corrected chi connectivity index (χ3v) is 4.37. The summed E-state index contributed by atoms with van der Waals surface area (Å²) in [6, 6.07) is 11.8. The van der Waals surface area contributed by atoms with E-state index in [1.165, 1.54) is 0 Å². The molecule has 0 saturated heterocycles. The second-order valence-corrected chi connectivity index (χ2v) is 6.81. The van der Waals surface area contributed by atoms with Gasteiger partial charge in [0.1, 0.15) is 5.82 Å². The van der Waals surface area contributed by atoms with Crippen LogP contribution in [0.4, 0.5) is 28.8 Å². The Morgan fingerprint density at radius 3 is 2.47 bits per heavy atom. The quantitative estimate of drug-likeness (QED) is 0.380. The summed E-state index contributed by atoms with van der Waals surface area (Å²) in [7, 11) is 0. The van der Waals surface area contributed by atoms with Crippen molar-refractivity contribution in [2.45, 2.75) is 20.3 Å². The first-order valence-electron chi connectivity index (χ1n) is 9.68. The van der Waals surface area contributed by atoms with Crippen molar-refractivity contribution in [2.75, 3.05) is 16.0 Å². The van der Waals surface area contributed by atoms with Gasteiger partial charge in [-0.05, 0) is 55.3 Å². The Morgan fingerprint density at radius 2 is 1.80 bits per heavy atom. The summed E-state index contributed by atoms with van der Waals surface area (Å²) in [5.74, 6) is 1.14. The van der Waals surface area contributed by atoms with E-state index in [4.69, 9.17) is 0 Å². The first-order valence-corrected chi connectivity index (χ1v) is 9.68. The van der Waals surface area contributed by atoms with Crippen LogP contribution < -0.4 is 16.0 Å². The van der Waals surface area contributed by atoms with E-state index in [1.54, 1.807) is 18.5 Å². The Kier molecular flexibility index (Phi) is 6.60. The minimum Gasteiger partial charge on any atom is -0.356 e. The lowest BCUT2D eigenvalue weighted by Crippen LogP contribution is -2.04. The van der Waals surface area contributed by atoms with Crippen LogP contribution in [0.2, 0.25) is 0 Å². The van der Waals surface area contributed by atoms with Gasteiger partial charge in [0.2, 0.25) is 5.95 Å². The summed E-state index contributed by atoms with van der Waals surface area (Å²) in [5.41, 5.74) is 6.07. The smallest absolute Gasteiger partial charge is 0.229 e. The molecule has 152 valence electrons. The van der Waals surface area contributed by atoms with Crippen molar-refractivity contribution in [2.24, 2.45) is 0 Å². The predicted molar refractivity (Wildman–Crippen MR) is 126 cm³/mol. The number of rotatable bonds is 9. The van der Waals surface area contributed by atoms with Gasteiger partial charge in [-0.3, -0.25) is 4.98 Å². The van der Waals surface area contributed by atoms with Crippen molar-refractivity contribution in [3.63, 3.8) is 0 Å². The second kappa shape index (κ2) is 9.52. The van der Waals surface area contributed by atoms with Gasteiger partial charge < -0.3 is 16.0 Å². The van der Waals surface area contributed by atoms with Crippen LogP contribution in [-0.2, 0) is 6.42 Å². The number of allylic oxidation sites excluding steroid dienone is 2. The summed E-state index contributed by atoms with van der Waals surface area (Å²) in [4.78, 5) is 13.5. The van der Waals surface area contributed by atoms with Crippen molar-refractivity contribution in [3.8, 4) is 0 Å². The molecule has 0 radical (unpaired) electrons. The SMILES string of the molecule is C=CC(=C)Nc1cccc(Nc2nc(Nc3ccc(CC)nc3)ncc2C(=C)C)c1. The first kappa shape index (κ1) is 20.8. The molecule has 0 bridgehead atoms. The number of hydrogen-bond acceptors (Lipinski definition) is 6. The number of benzene rings is 1. The Morgan fingerprint density at radius 1 is 1.00 bits per heavy atom. The summed E-state index contributed by atoms with van der Waals surface area (Å²) >= 11 is 0. The number of aryl methyl sites for hydroxylation is 1. The molecule has 0 spiro atoms. The molecule has 0 aliphatic heterocycles. The lowest BCUT2D eigenvalue weighted by molar-refractivity contribution is 1.03. The van der Waals surface area contributed by atoms with Crippen LogP contribution in [0, 0.1) is 0 Å². The largest absolute Gasteiger partial charge is 0.356 e. The number of nitrogens with zero attached hydrogens (tertiary/aromatic N) is 3. The molecule has 3 aromatic rings. The fourth-order valence-electron chi connectivity index (χ4n) is 2.73. The van der Waals surface area contributed by atoms with Crippen molar-refractivity contribution in [3.05, 3.63) is 91.6 Å². The first-order chi connectivity index (χ1) is 14.5. The van der Waals surface area contributed by atoms with E-state index in [-0.39, 0.29) is 0 Å². The van der Waals surface area contributed by atoms with E-state index in [0.29, 0.717) is 11.8 Å². The molecule has 3 N–H and O–H groups in total. The van der Waals surface area contributed by atoms with Crippen molar-refractivity contribution >= 4 is 34.4 Å². The predicted octanol–water partition coefficient (Wildman–Crippen LogP) is 6.07. The molecule has 0 atom stereocenters. The average Bonchev–Trinajstić information content (AvgIpc) is 2.74. The van der Waals surface area contributed by atoms with Crippen LogP contribution in [0.1, 0.15) is 25.1 Å². The summed E-state index contributed by atoms with van der Waals surface area (Å²) < 4.78 is 0. The number of anilines is 5. The highest BCUT2D eigenvalue weighted by molar-refractivity contribution is 5.76. The minimum absolute atomic E-state index is 0.475. The van der Waals surface area contributed by atoms with Gasteiger partial charge in [-0.1, -0.05) is 32.7 Å². The molecule has 3 rings (SSSR count). The summed E-state index contributed by atoms with van der Waals surface area (Å²) in [5, 5.41) is 9.76. The fraction of sp³-hybridized carbons (Fsp3) is 0.125. The maximum Gasteiger partial charge on any atom is 0.229 e. The van der Waals surface area contributed by atoms with E-state index in [2.05, 4.69) is 57.6 Å². The van der Waals surface area contributed by atoms with Crippen LogP contribution >= 0.6 is 0 Å². The van der Waals surface area contributed by atoms with E-state index in [9.17, 15) is 0 Å². The average molecular weight is 399 g/mol. The van der Waals surface area contributed by atoms with Gasteiger partial charge in [0.15, 0.2) is 0 Å². The Labute approximate surface area is 177 Å². The van der Waals surface area contributed by atoms with Gasteiger partial charge in [-0.15, -0.1) is 0 Å². The van der Waals surface area contributed by atoms with Crippen LogP contribution in [0.5, 0.6) is 0 Å². The standard InChI is InChI=1S/C24H26N6/c1-6-17(5)27-19-9-8-10-20(13-19)28-23-22(16(3)4)15-26-24(30-23)29-21-12-11-18(7-2)25-14-21/h6,8-15,27H,1,3,5,7H2,2,4H3,(H2,26,28,29,30). The van der Waals surface area contributed by atoms with E-state index >= 15 is 0 Å². The fourth-order valence-corrected chi connectivity index (χ4v) is 2.73. The van der Waals surface area contributed by atoms with E-state index in [1.807, 2.05) is 43.3 Å². The molecule has 0 unspecified atom stereocenters. The molecule has 0 aliphatic rings. The molecular formula is C24H26N6. The third-order valence-electron chi connectivity index (χ3n) is 4.37. The van der Waals surface area contributed by atoms with Gasteiger partial charge in [-0.25, -0.2) is 4.98 Å². The van der Waals surface area contributed by atoms with Crippen LogP contribution in [-0.4, -0.2) is 15.0 Å². The Bertz CT molecular complexity index is 1070. The maximum atomic E-state index is 4.66. The Hall–Kier alpha value is -3.93. The van der Waals surface area contributed by atoms with Gasteiger partial charge in [0, 0.05) is 34.5 Å². The highest BCUT2D eigenvalue weighted by Gasteiger charge is 2.10. The monoisotopic (exact) mass is 398 g/mol. The van der Waals surface area contributed by atoms with Crippen molar-refractivity contribution in [1.82, 2.24) is 15.0 Å². The van der Waals surface area contributed by atoms with Crippen LogP contribution in [0.3, 0.4) is 0 Å². The van der Waals surface area contributed by atoms with Crippen LogP contribution in [0.15, 0.2) is 80.3 Å². The number of nitrogens with one attached hydrogen (secondary N) is 3. The number of pyridine rings is 1. The van der Waals surface area contributed by atoms with Crippen LogP contribution in [0.25, 0.3) is 5.57 Å². The zero-order valence-corrected chi connectivity index (χ0v) is 17.4. The molecule has 2 aromatic heterocycles. The summed E-state index contributed by atoms with van der Waals surface area (Å²) in [6.07, 6.45) is 6.11. The molecule has 0 amide bonds. The molecule has 30 heavy (non-hydrogen) atoms. The molecule has 0 aliphatic carbocycles. The van der Waals surface area contributed by atoms with Gasteiger partial charge >= 0.3 is 0 Å². The lowest BCUT2D eigenvalue weighted by Gasteiger charge is -2.14. The number of hydrogen-bond donors (Lipinski definition) is 3. The Balaban J connectivity index is 1.86. The van der Waals surface area contributed by atoms with Crippen molar-refractivity contribution in [1.29, 1.82) is 0 Å². The normalized spacial score (nSPS) is 10.2. The molecule has 0 saturated carbocycles. The van der Waals surface area contributed by atoms with E-state index in [0.717, 1.165) is 46.0 Å². The van der Waals surface area contributed by atoms with E-state index < -0.39 is 0 Å². The molecule has 2 heterocycles. The summed E-state index contributed by atoms with van der Waals surface area (Å²) in [6.45, 7) is 15.6. The van der Waals surface area contributed by atoms with Gasteiger partial charge in [-0.2, -0.15) is 4.98 Å². The number of aromatic nitrogens is 3. The molecule has 0 fully saturated rings. The molecule has 6 heteroatoms. The van der Waals surface area contributed by atoms with Crippen molar-refractivity contribution < 1.29 is 0 Å². The molecule has 6 nitrogen and oxygen atoms in total. The highest BCUT2D eigenvalue weighted by atomic mass is 15.1.